The largest absolute Gasteiger partial charge is 0.687 e. The quantitative estimate of drug-likeness (QED) is 0.546. The molecular formula is C7H7FN-. The van der Waals surface area contributed by atoms with Gasteiger partial charge in [-0.3, -0.25) is 0 Å². The molecule has 0 saturated carbocycles. The minimum absolute atomic E-state index is 0.238. The summed E-state index contributed by atoms with van der Waals surface area (Å²) < 4.78 is 12.3. The van der Waals surface area contributed by atoms with E-state index in [1.54, 1.807) is 19.2 Å². The van der Waals surface area contributed by atoms with Gasteiger partial charge in [0.25, 0.3) is 0 Å². The first-order chi connectivity index (χ1) is 4.33. The van der Waals surface area contributed by atoms with E-state index < -0.39 is 0 Å². The van der Waals surface area contributed by atoms with Crippen LogP contribution in [0.1, 0.15) is 0 Å². The van der Waals surface area contributed by atoms with E-state index in [1.165, 1.54) is 12.1 Å². The van der Waals surface area contributed by atoms with Crippen LogP contribution in [0.5, 0.6) is 0 Å². The second kappa shape index (κ2) is 2.49. The maximum atomic E-state index is 12.3. The molecule has 2 heteroatoms. The lowest BCUT2D eigenvalue weighted by Crippen LogP contribution is -1.70. The van der Waals surface area contributed by atoms with Gasteiger partial charge in [0.15, 0.2) is 0 Å². The third-order valence-corrected chi connectivity index (χ3v) is 1.07. The predicted molar refractivity (Wildman–Crippen MR) is 35.3 cm³/mol. The maximum absolute atomic E-state index is 12.3. The van der Waals surface area contributed by atoms with E-state index in [4.69, 9.17) is 0 Å². The molecule has 0 spiro atoms. The average molecular weight is 124 g/mol. The van der Waals surface area contributed by atoms with Crippen LogP contribution < -0.4 is 0 Å². The van der Waals surface area contributed by atoms with E-state index in [-0.39, 0.29) is 5.82 Å². The van der Waals surface area contributed by atoms with Gasteiger partial charge in [0.05, 0.1) is 0 Å². The molecule has 0 unspecified atom stereocenters. The Labute approximate surface area is 53.5 Å². The lowest BCUT2D eigenvalue weighted by molar-refractivity contribution is 0.628. The standard InChI is InChI=1S/C7H7FN/c1-9-7-4-2-3-6(8)5-7/h2-5H,1H3/q-1. The van der Waals surface area contributed by atoms with Crippen molar-refractivity contribution in [3.63, 3.8) is 0 Å². The molecule has 1 aromatic carbocycles. The van der Waals surface area contributed by atoms with Crippen LogP contribution in [0.15, 0.2) is 24.3 Å². The fourth-order valence-corrected chi connectivity index (χ4v) is 0.615. The van der Waals surface area contributed by atoms with Crippen molar-refractivity contribution in [2.75, 3.05) is 7.05 Å². The Kier molecular flexibility index (Phi) is 1.68. The summed E-state index contributed by atoms with van der Waals surface area (Å²) in [5.41, 5.74) is 0.676. The second-order valence-corrected chi connectivity index (χ2v) is 1.70. The zero-order valence-corrected chi connectivity index (χ0v) is 5.13. The van der Waals surface area contributed by atoms with Gasteiger partial charge in [0.2, 0.25) is 0 Å². The Hall–Kier alpha value is -1.05. The molecule has 0 aromatic heterocycles. The number of hydrogen-bond acceptors (Lipinski definition) is 0. The highest BCUT2D eigenvalue weighted by molar-refractivity contribution is 5.46. The third kappa shape index (κ3) is 1.42. The fraction of sp³-hybridized carbons (Fsp3) is 0.143. The van der Waals surface area contributed by atoms with Crippen molar-refractivity contribution in [2.24, 2.45) is 0 Å². The molecular weight excluding hydrogens is 117 g/mol. The average Bonchev–Trinajstić information content (AvgIpc) is 1.88. The molecule has 0 fully saturated rings. The van der Waals surface area contributed by atoms with E-state index in [9.17, 15) is 4.39 Å². The molecule has 0 saturated heterocycles. The van der Waals surface area contributed by atoms with Gasteiger partial charge in [-0.2, -0.15) is 0 Å². The highest BCUT2D eigenvalue weighted by Crippen LogP contribution is 2.15. The van der Waals surface area contributed by atoms with Gasteiger partial charge in [-0.05, 0) is 12.1 Å². The van der Waals surface area contributed by atoms with Gasteiger partial charge in [0.1, 0.15) is 5.82 Å². The molecule has 0 bridgehead atoms. The normalized spacial score (nSPS) is 9.11. The summed E-state index contributed by atoms with van der Waals surface area (Å²) in [7, 11) is 1.63. The second-order valence-electron chi connectivity index (χ2n) is 1.70. The minimum atomic E-state index is -0.238. The molecule has 48 valence electrons. The van der Waals surface area contributed by atoms with E-state index in [0.717, 1.165) is 0 Å². The smallest absolute Gasteiger partial charge is 0.121 e. The van der Waals surface area contributed by atoms with Gasteiger partial charge < -0.3 is 5.32 Å². The molecule has 1 rings (SSSR count). The van der Waals surface area contributed by atoms with Crippen molar-refractivity contribution >= 4 is 5.69 Å². The molecule has 0 amide bonds. The van der Waals surface area contributed by atoms with Crippen LogP contribution >= 0.6 is 0 Å². The van der Waals surface area contributed by atoms with Gasteiger partial charge in [-0.25, -0.2) is 4.39 Å². The van der Waals surface area contributed by atoms with Crippen molar-refractivity contribution in [1.82, 2.24) is 0 Å². The molecule has 1 nitrogen and oxygen atoms in total. The van der Waals surface area contributed by atoms with Crippen LogP contribution in [0.4, 0.5) is 10.1 Å². The highest BCUT2D eigenvalue weighted by Gasteiger charge is 1.82. The Morgan fingerprint density at radius 2 is 2.22 bits per heavy atom. The summed E-state index contributed by atoms with van der Waals surface area (Å²) in [5.74, 6) is -0.238. The van der Waals surface area contributed by atoms with Gasteiger partial charge in [-0.1, -0.05) is 12.1 Å². The van der Waals surface area contributed by atoms with Crippen molar-refractivity contribution in [3.05, 3.63) is 35.4 Å². The first-order valence-corrected chi connectivity index (χ1v) is 2.68. The molecule has 0 aliphatic carbocycles. The minimum Gasteiger partial charge on any atom is -0.687 e. The van der Waals surface area contributed by atoms with E-state index in [2.05, 4.69) is 5.32 Å². The molecule has 1 aromatic rings. The van der Waals surface area contributed by atoms with Gasteiger partial charge >= 0.3 is 0 Å². The lowest BCUT2D eigenvalue weighted by atomic mass is 10.3. The summed E-state index contributed by atoms with van der Waals surface area (Å²) >= 11 is 0. The summed E-state index contributed by atoms with van der Waals surface area (Å²) in [6, 6.07) is 6.18. The van der Waals surface area contributed by atoms with Crippen LogP contribution in [0.25, 0.3) is 5.32 Å². The Morgan fingerprint density at radius 1 is 1.44 bits per heavy atom. The van der Waals surface area contributed by atoms with Crippen molar-refractivity contribution < 1.29 is 4.39 Å². The number of halogens is 1. The van der Waals surface area contributed by atoms with Gasteiger partial charge in [-0.15, -0.1) is 12.7 Å². The third-order valence-electron chi connectivity index (χ3n) is 1.07. The van der Waals surface area contributed by atoms with Crippen LogP contribution in [-0.2, 0) is 0 Å². The molecule has 0 aliphatic heterocycles. The SMILES string of the molecule is C[N-]c1cccc(F)c1. The molecule has 0 radical (unpaired) electrons. The molecule has 0 aliphatic rings. The Balaban J connectivity index is 2.94. The zero-order valence-electron chi connectivity index (χ0n) is 5.13. The van der Waals surface area contributed by atoms with E-state index in [1.807, 2.05) is 0 Å². The van der Waals surface area contributed by atoms with E-state index in [0.29, 0.717) is 5.69 Å². The number of hydrogen-bond donors (Lipinski definition) is 0. The first kappa shape index (κ1) is 6.08. The van der Waals surface area contributed by atoms with E-state index >= 15 is 0 Å². The monoisotopic (exact) mass is 124 g/mol. The summed E-state index contributed by atoms with van der Waals surface area (Å²) in [4.78, 5) is 0. The zero-order chi connectivity index (χ0) is 6.69. The molecule has 0 atom stereocenters. The maximum Gasteiger partial charge on any atom is 0.121 e. The van der Waals surface area contributed by atoms with Crippen LogP contribution in [-0.4, -0.2) is 7.05 Å². The topological polar surface area (TPSA) is 14.1 Å². The van der Waals surface area contributed by atoms with Crippen molar-refractivity contribution in [2.45, 2.75) is 0 Å². The number of nitrogens with zero attached hydrogens (tertiary/aromatic N) is 1. The van der Waals surface area contributed by atoms with Crippen LogP contribution in [0.2, 0.25) is 0 Å². The highest BCUT2D eigenvalue weighted by atomic mass is 19.1. The number of benzene rings is 1. The lowest BCUT2D eigenvalue weighted by Gasteiger charge is -2.11. The van der Waals surface area contributed by atoms with Crippen molar-refractivity contribution in [1.29, 1.82) is 0 Å². The predicted octanol–water partition coefficient (Wildman–Crippen LogP) is 2.46. The Morgan fingerprint density at radius 3 is 2.67 bits per heavy atom. The first-order valence-electron chi connectivity index (χ1n) is 2.68. The van der Waals surface area contributed by atoms with Crippen LogP contribution in [0.3, 0.4) is 0 Å². The summed E-state index contributed by atoms with van der Waals surface area (Å²) in [5, 5.41) is 3.79. The molecule has 0 N–H and O–H groups in total. The van der Waals surface area contributed by atoms with Crippen molar-refractivity contribution in [3.8, 4) is 0 Å². The van der Waals surface area contributed by atoms with Crippen LogP contribution in [0, 0.1) is 5.82 Å². The summed E-state index contributed by atoms with van der Waals surface area (Å²) in [6.45, 7) is 0. The Bertz CT molecular complexity index is 198. The number of rotatable bonds is 1. The fourth-order valence-electron chi connectivity index (χ4n) is 0.615. The van der Waals surface area contributed by atoms with Gasteiger partial charge in [0, 0.05) is 0 Å². The summed E-state index contributed by atoms with van der Waals surface area (Å²) in [6.07, 6.45) is 0. The molecule has 9 heavy (non-hydrogen) atoms. The molecule has 0 heterocycles.